The monoisotopic (exact) mass is 1960 g/mol. The van der Waals surface area contributed by atoms with E-state index in [1.54, 1.807) is 13.8 Å². The molecule has 0 saturated heterocycles. The summed E-state index contributed by atoms with van der Waals surface area (Å²) in [5.74, 6) is 1.26. The molecule has 8 aliphatic carbocycles. The van der Waals surface area contributed by atoms with Crippen molar-refractivity contribution in [1.29, 1.82) is 0 Å². The van der Waals surface area contributed by atoms with Crippen LogP contribution in [0.25, 0.3) is 0 Å². The van der Waals surface area contributed by atoms with E-state index in [-0.39, 0.29) is 157 Å². The molecule has 0 amide bonds. The zero-order valence-electron chi connectivity index (χ0n) is 84.3. The van der Waals surface area contributed by atoms with Crippen molar-refractivity contribution in [2.45, 2.75) is 398 Å². The first-order valence-corrected chi connectivity index (χ1v) is 53.3. The van der Waals surface area contributed by atoms with Gasteiger partial charge in [0.25, 0.3) is 0 Å². The highest BCUT2D eigenvalue weighted by Crippen LogP contribution is 2.54. The fourth-order valence-electron chi connectivity index (χ4n) is 23.5. The largest absolute Gasteiger partial charge is 0.482 e. The number of esters is 4. The second kappa shape index (κ2) is 61.0. The third-order valence-electron chi connectivity index (χ3n) is 30.9. The normalized spacial score (nSPS) is 24.3. The van der Waals surface area contributed by atoms with Crippen molar-refractivity contribution < 1.29 is 138 Å². The number of aliphatic carboxylic acids is 4. The molecule has 4 aromatic rings. The molecule has 12 rings (SSSR count). The predicted octanol–water partition coefficient (Wildman–Crippen LogP) is 17.2. The summed E-state index contributed by atoms with van der Waals surface area (Å²) in [6, 6.07) is 23.7. The van der Waals surface area contributed by atoms with Crippen LogP contribution < -0.4 is 18.9 Å². The summed E-state index contributed by atoms with van der Waals surface area (Å²) in [4.78, 5) is 90.8. The number of unbranched alkanes of at least 4 members (excludes halogenated alkanes) is 9. The molecule has 4 fully saturated rings. The van der Waals surface area contributed by atoms with Crippen LogP contribution in [0, 0.1) is 71.0 Å². The molecule has 0 bridgehead atoms. The van der Waals surface area contributed by atoms with Gasteiger partial charge in [-0.25, -0.2) is 19.2 Å². The number of carboxylic acids is 4. The molecule has 0 radical (unpaired) electrons. The predicted molar refractivity (Wildman–Crippen MR) is 529 cm³/mol. The SMILES string of the molecule is CCCCC[C@H](O)CC[C@@H]1[C@H]2Cc3cccc(OCC(=O)OC(C)CCC(=O)O)c3C[C@H]2C[C@H]1O.CCCCC[C@H](O)CC[C@@H]1[C@H]2Cc3cccc(OCC(=O)OC(C)CCCC(=O)O)c3C[C@H]2C[C@H]1O.CCCCC[C@H](O)CC[C@@H]1[C@H]2Cc3cccc(OCC(=O)OCCCC(=O)O)c3C[C@H]2C[C@H]1O.CCCCC[C@H](O)CC[C@@H]1[C@H]2Cc3cccc(OCC(=O)OCCCCC(=O)O)c3C[C@H]2C[C@H]1O. The van der Waals surface area contributed by atoms with Gasteiger partial charge in [-0.2, -0.15) is 0 Å². The lowest BCUT2D eigenvalue weighted by Crippen LogP contribution is -2.28. The molecule has 0 aliphatic heterocycles. The summed E-state index contributed by atoms with van der Waals surface area (Å²) in [6.45, 7) is 11.6. The Kier molecular flexibility index (Phi) is 50.1. The van der Waals surface area contributed by atoms with Gasteiger partial charge in [0.2, 0.25) is 0 Å². The van der Waals surface area contributed by atoms with E-state index >= 15 is 0 Å². The minimum atomic E-state index is -0.916. The summed E-state index contributed by atoms with van der Waals surface area (Å²) >= 11 is 0. The van der Waals surface area contributed by atoms with Gasteiger partial charge in [0, 0.05) is 25.7 Å². The Morgan fingerprint density at radius 1 is 0.300 bits per heavy atom. The number of aliphatic hydroxyl groups is 8. The number of benzene rings is 4. The van der Waals surface area contributed by atoms with E-state index in [2.05, 4.69) is 52.0 Å². The number of carbonyl (C=O) groups excluding carboxylic acids is 4. The first kappa shape index (κ1) is 115. The molecule has 28 heteroatoms. The zero-order chi connectivity index (χ0) is 101. The van der Waals surface area contributed by atoms with E-state index in [4.69, 9.17) is 58.3 Å². The first-order chi connectivity index (χ1) is 67.3. The minimum Gasteiger partial charge on any atom is -0.482 e. The third kappa shape index (κ3) is 37.9. The summed E-state index contributed by atoms with van der Waals surface area (Å²) in [5.41, 5.74) is 9.29. The molecular formula is C112H168O28. The second-order valence-electron chi connectivity index (χ2n) is 41.4. The summed E-state index contributed by atoms with van der Waals surface area (Å²) in [5, 5.41) is 120. The van der Waals surface area contributed by atoms with Crippen LogP contribution >= 0.6 is 0 Å². The van der Waals surface area contributed by atoms with E-state index in [0.717, 1.165) is 253 Å². The van der Waals surface area contributed by atoms with Crippen molar-refractivity contribution in [2.24, 2.45) is 71.0 Å². The van der Waals surface area contributed by atoms with Crippen molar-refractivity contribution in [3.63, 3.8) is 0 Å². The number of carbonyl (C=O) groups is 8. The number of aliphatic hydroxyl groups excluding tert-OH is 8. The number of rotatable bonds is 58. The highest BCUT2D eigenvalue weighted by molar-refractivity contribution is 5.73. The lowest BCUT2D eigenvalue weighted by atomic mass is 9.73. The zero-order valence-corrected chi connectivity index (χ0v) is 84.3. The molecule has 0 heterocycles. The van der Waals surface area contributed by atoms with E-state index in [9.17, 15) is 79.2 Å². The van der Waals surface area contributed by atoms with E-state index in [1.807, 2.05) is 48.5 Å². The Morgan fingerprint density at radius 2 is 0.564 bits per heavy atom. The van der Waals surface area contributed by atoms with E-state index < -0.39 is 53.9 Å². The van der Waals surface area contributed by atoms with Gasteiger partial charge in [-0.05, 0) is 346 Å². The van der Waals surface area contributed by atoms with E-state index in [1.165, 1.54) is 22.3 Å². The summed E-state index contributed by atoms with van der Waals surface area (Å²) in [7, 11) is 0. The topological polar surface area (TPSA) is 453 Å². The Balaban J connectivity index is 0.000000209. The van der Waals surface area contributed by atoms with Gasteiger partial charge in [-0.3, -0.25) is 19.2 Å². The molecule has 784 valence electrons. The maximum absolute atomic E-state index is 12.3. The smallest absolute Gasteiger partial charge is 0.344 e. The Labute approximate surface area is 829 Å². The van der Waals surface area contributed by atoms with Crippen LogP contribution in [0.15, 0.2) is 72.8 Å². The Morgan fingerprint density at radius 3 is 0.850 bits per heavy atom. The van der Waals surface area contributed by atoms with Gasteiger partial charge in [0.15, 0.2) is 26.4 Å². The maximum Gasteiger partial charge on any atom is 0.344 e. The van der Waals surface area contributed by atoms with Crippen LogP contribution in [0.1, 0.15) is 330 Å². The van der Waals surface area contributed by atoms with Crippen LogP contribution in [0.4, 0.5) is 0 Å². The van der Waals surface area contributed by atoms with Gasteiger partial charge in [-0.15, -0.1) is 0 Å². The molecule has 12 N–H and O–H groups in total. The van der Waals surface area contributed by atoms with E-state index in [0.29, 0.717) is 96.0 Å². The van der Waals surface area contributed by atoms with Gasteiger partial charge < -0.3 is 99.2 Å². The average molecular weight is 1960 g/mol. The fraction of sp³-hybridized carbons (Fsp3) is 0.714. The molecule has 140 heavy (non-hydrogen) atoms. The number of carboxylic acid groups (broad SMARTS) is 4. The van der Waals surface area contributed by atoms with Crippen molar-refractivity contribution in [3.05, 3.63) is 117 Å². The first-order valence-electron chi connectivity index (χ1n) is 53.3. The molecular weight excluding hydrogens is 1790 g/mol. The third-order valence-corrected chi connectivity index (χ3v) is 30.9. The fourth-order valence-corrected chi connectivity index (χ4v) is 23.5. The van der Waals surface area contributed by atoms with Crippen LogP contribution in [-0.2, 0) is 109 Å². The van der Waals surface area contributed by atoms with Gasteiger partial charge in [-0.1, -0.05) is 153 Å². The maximum atomic E-state index is 12.3. The van der Waals surface area contributed by atoms with Gasteiger partial charge in [0.1, 0.15) is 23.0 Å². The highest BCUT2D eigenvalue weighted by atomic mass is 16.6. The average Bonchev–Trinajstić information content (AvgIpc) is 1.61. The number of ether oxygens (including phenoxy) is 8. The van der Waals surface area contributed by atoms with Crippen LogP contribution in [0.3, 0.4) is 0 Å². The van der Waals surface area contributed by atoms with Crippen molar-refractivity contribution in [2.75, 3.05) is 39.6 Å². The van der Waals surface area contributed by atoms with Crippen LogP contribution in [-0.4, -0.2) is 210 Å². The molecule has 8 aliphatic rings. The summed E-state index contributed by atoms with van der Waals surface area (Å²) in [6.07, 6.45) is 32.4. The number of hydrogen-bond acceptors (Lipinski definition) is 24. The van der Waals surface area contributed by atoms with Crippen LogP contribution in [0.5, 0.6) is 23.0 Å². The molecule has 22 atom stereocenters. The van der Waals surface area contributed by atoms with Gasteiger partial charge in [0.05, 0.1) is 74.3 Å². The Bertz CT molecular complexity index is 4420. The molecule has 2 unspecified atom stereocenters. The molecule has 4 saturated carbocycles. The number of fused-ring (bicyclic) bond motifs is 8. The quantitative estimate of drug-likeness (QED) is 0.0111. The molecule has 0 spiro atoms. The van der Waals surface area contributed by atoms with Crippen molar-refractivity contribution in [1.82, 2.24) is 0 Å². The molecule has 28 nitrogen and oxygen atoms in total. The van der Waals surface area contributed by atoms with Crippen LogP contribution in [0.2, 0.25) is 0 Å². The minimum absolute atomic E-state index is 0.0342. The summed E-state index contributed by atoms with van der Waals surface area (Å²) < 4.78 is 44.1. The second-order valence-corrected chi connectivity index (χ2v) is 41.4. The van der Waals surface area contributed by atoms with Crippen molar-refractivity contribution >= 4 is 47.8 Å². The Hall–Kier alpha value is -8.48. The molecule has 0 aromatic heterocycles. The number of hydrogen-bond donors (Lipinski definition) is 12. The molecule has 4 aromatic carbocycles. The van der Waals surface area contributed by atoms with Gasteiger partial charge >= 0.3 is 47.8 Å². The van der Waals surface area contributed by atoms with Crippen molar-refractivity contribution in [3.8, 4) is 23.0 Å². The lowest BCUT2D eigenvalue weighted by Gasteiger charge is -2.32. The lowest BCUT2D eigenvalue weighted by molar-refractivity contribution is -0.152. The highest BCUT2D eigenvalue weighted by Gasteiger charge is 2.50. The standard InChI is InChI=1S/C29H44O7.2C28H42O7.C27H40O7/c1-3-4-5-10-22(30)13-14-23-24-15-20-9-7-11-27(25(20)16-21(24)17-26(23)31)35-18-29(34)36-19(2)8-6-12-28(32)33;1-3-4-5-8-21(29)11-12-22-23-14-19-7-6-9-26(24(19)15-20(23)16-25(22)30)34-17-28(33)35-18(2)10-13-27(31)32;1-2-3-4-9-21(29)12-13-22-23-15-19-8-7-10-26(24(19)16-20(23)17-25(22)30)35-18-28(33)34-14-6-5-11-27(31)32;1-2-3-4-8-20(28)11-12-21-22-14-18-7-5-9-25(23(18)15-19(22)16-24(21)29)34-17-27(32)33-13-6-10-26(30)31/h7,9,11,19,21-24,26,30-31H,3-6,8,10,12-18H2,1-2H3,(H,32,33);6-7,9,18,20-23,25,29-30H,3-5,8,10-17H2,1-2H3,(H,31,32);7-8,10,20-23,25,29-30H,2-6,9,11-18H2,1H3,(H,31,32);5,7,9,19-22,24,28-29H,2-4,6,8,10-17H2,1H3,(H,30,31)/t19?,21-,22-,23+,24-,26+;18?,20-,21-,22+,23-,25+;20-,21-,22+,23-,25+;19-,20-,21+,22-,24+/m0000/s1.